The summed E-state index contributed by atoms with van der Waals surface area (Å²) in [6, 6.07) is 9.27. The number of carbonyl (C=O) groups excluding carboxylic acids is 2. The van der Waals surface area contributed by atoms with Gasteiger partial charge in [0.2, 0.25) is 0 Å². The van der Waals surface area contributed by atoms with Gasteiger partial charge in [-0.1, -0.05) is 28.1 Å². The zero-order valence-electron chi connectivity index (χ0n) is 15.2. The van der Waals surface area contributed by atoms with Gasteiger partial charge in [-0.3, -0.25) is 14.5 Å². The molecule has 0 aliphatic carbocycles. The Kier molecular flexibility index (Phi) is 6.52. The number of imide groups is 1. The van der Waals surface area contributed by atoms with Crippen molar-refractivity contribution in [3.05, 3.63) is 60.9 Å². The Bertz CT molecular complexity index is 990. The second kappa shape index (κ2) is 8.71. The van der Waals surface area contributed by atoms with Gasteiger partial charge in [-0.05, 0) is 76.9 Å². The van der Waals surface area contributed by atoms with E-state index in [1.54, 1.807) is 12.1 Å². The molecule has 0 spiro atoms. The molecule has 0 atom stereocenters. The number of rotatable bonds is 5. The predicted octanol–water partition coefficient (Wildman–Crippen LogP) is 5.65. The standard InChI is InChI=1S/C20H17Br2NO4S/c1-11-3-4-12(2)16(7-11)27-6-5-23-19(25)17(28-20(23)26)9-13-8-14(21)10-15(22)18(13)24/h3-4,7-10,24H,5-6H2,1-2H3/b17-9-. The number of hydrogen-bond acceptors (Lipinski definition) is 5. The molecule has 1 fully saturated rings. The highest BCUT2D eigenvalue weighted by Gasteiger charge is 2.35. The lowest BCUT2D eigenvalue weighted by Crippen LogP contribution is -2.32. The lowest BCUT2D eigenvalue weighted by Gasteiger charge is -2.14. The molecular weight excluding hydrogens is 510 g/mol. The maximum atomic E-state index is 12.6. The first-order valence-corrected chi connectivity index (χ1v) is 10.8. The summed E-state index contributed by atoms with van der Waals surface area (Å²) in [6.45, 7) is 4.29. The molecule has 0 unspecified atom stereocenters. The number of amides is 2. The minimum atomic E-state index is -0.393. The SMILES string of the molecule is Cc1ccc(C)c(OCCN2C(=O)S/C(=C\c3cc(Br)cc(Br)c3O)C2=O)c1. The molecule has 0 aromatic heterocycles. The van der Waals surface area contributed by atoms with Crippen molar-refractivity contribution >= 4 is 60.8 Å². The van der Waals surface area contributed by atoms with Gasteiger partial charge in [-0.15, -0.1) is 0 Å². The average molecular weight is 527 g/mol. The number of aryl methyl sites for hydroxylation is 2. The zero-order valence-corrected chi connectivity index (χ0v) is 19.2. The smallest absolute Gasteiger partial charge is 0.293 e. The molecule has 5 nitrogen and oxygen atoms in total. The summed E-state index contributed by atoms with van der Waals surface area (Å²) in [5.74, 6) is 0.356. The van der Waals surface area contributed by atoms with Crippen LogP contribution in [-0.4, -0.2) is 34.3 Å². The topological polar surface area (TPSA) is 66.8 Å². The van der Waals surface area contributed by atoms with Crippen LogP contribution in [0.2, 0.25) is 0 Å². The van der Waals surface area contributed by atoms with E-state index in [1.807, 2.05) is 32.0 Å². The molecule has 2 aromatic rings. The average Bonchev–Trinajstić information content (AvgIpc) is 2.89. The monoisotopic (exact) mass is 525 g/mol. The fourth-order valence-corrected chi connectivity index (χ4v) is 4.75. The maximum Gasteiger partial charge on any atom is 0.293 e. The summed E-state index contributed by atoms with van der Waals surface area (Å²) in [6.07, 6.45) is 1.52. The first-order chi connectivity index (χ1) is 13.3. The second-order valence-corrected chi connectivity index (χ2v) is 9.04. The fraction of sp³-hybridized carbons (Fsp3) is 0.200. The molecule has 1 aliphatic rings. The number of benzene rings is 2. The molecule has 28 heavy (non-hydrogen) atoms. The summed E-state index contributed by atoms with van der Waals surface area (Å²) < 4.78 is 6.99. The van der Waals surface area contributed by atoms with Crippen LogP contribution in [-0.2, 0) is 4.79 Å². The summed E-state index contributed by atoms with van der Waals surface area (Å²) in [4.78, 5) is 26.3. The van der Waals surface area contributed by atoms with Crippen molar-refractivity contribution in [1.82, 2.24) is 4.90 Å². The third kappa shape index (κ3) is 4.61. The van der Waals surface area contributed by atoms with Crippen LogP contribution in [0.15, 0.2) is 44.2 Å². The van der Waals surface area contributed by atoms with E-state index >= 15 is 0 Å². The third-order valence-electron chi connectivity index (χ3n) is 4.13. The molecule has 2 amide bonds. The first-order valence-electron chi connectivity index (χ1n) is 8.39. The van der Waals surface area contributed by atoms with Gasteiger partial charge in [0.05, 0.1) is 15.9 Å². The number of halogens is 2. The highest BCUT2D eigenvalue weighted by molar-refractivity contribution is 9.11. The van der Waals surface area contributed by atoms with E-state index in [4.69, 9.17) is 4.74 Å². The molecule has 0 bridgehead atoms. The van der Waals surface area contributed by atoms with Gasteiger partial charge < -0.3 is 9.84 Å². The number of thioether (sulfide) groups is 1. The summed E-state index contributed by atoms with van der Waals surface area (Å²) >= 11 is 7.45. The molecule has 1 N–H and O–H groups in total. The summed E-state index contributed by atoms with van der Waals surface area (Å²) in [7, 11) is 0. The van der Waals surface area contributed by atoms with E-state index in [2.05, 4.69) is 31.9 Å². The van der Waals surface area contributed by atoms with Crippen LogP contribution in [0.25, 0.3) is 6.08 Å². The van der Waals surface area contributed by atoms with Crippen molar-refractivity contribution in [3.63, 3.8) is 0 Å². The second-order valence-electron chi connectivity index (χ2n) is 6.28. The molecule has 0 radical (unpaired) electrons. The van der Waals surface area contributed by atoms with Crippen LogP contribution in [0, 0.1) is 13.8 Å². The maximum absolute atomic E-state index is 12.6. The van der Waals surface area contributed by atoms with Crippen LogP contribution in [0.4, 0.5) is 4.79 Å². The van der Waals surface area contributed by atoms with Gasteiger partial charge in [-0.2, -0.15) is 0 Å². The van der Waals surface area contributed by atoms with E-state index in [9.17, 15) is 14.7 Å². The van der Waals surface area contributed by atoms with E-state index in [0.717, 1.165) is 38.0 Å². The van der Waals surface area contributed by atoms with E-state index in [-0.39, 0.29) is 29.0 Å². The summed E-state index contributed by atoms with van der Waals surface area (Å²) in [5, 5.41) is 9.81. The number of phenols is 1. The summed E-state index contributed by atoms with van der Waals surface area (Å²) in [5.41, 5.74) is 2.52. The number of carbonyl (C=O) groups is 2. The highest BCUT2D eigenvalue weighted by Crippen LogP contribution is 2.37. The Hall–Kier alpha value is -1.77. The van der Waals surface area contributed by atoms with Crippen molar-refractivity contribution in [2.75, 3.05) is 13.2 Å². The lowest BCUT2D eigenvalue weighted by atomic mass is 10.1. The van der Waals surface area contributed by atoms with Crippen molar-refractivity contribution < 1.29 is 19.4 Å². The van der Waals surface area contributed by atoms with Crippen LogP contribution >= 0.6 is 43.6 Å². The Labute approximate surface area is 184 Å². The van der Waals surface area contributed by atoms with Gasteiger partial charge >= 0.3 is 0 Å². The molecule has 2 aromatic carbocycles. The van der Waals surface area contributed by atoms with Crippen molar-refractivity contribution in [3.8, 4) is 11.5 Å². The van der Waals surface area contributed by atoms with Gasteiger partial charge in [0.1, 0.15) is 18.1 Å². The quantitative estimate of drug-likeness (QED) is 0.510. The third-order valence-corrected chi connectivity index (χ3v) is 6.10. The normalized spacial score (nSPS) is 15.6. The molecule has 1 aliphatic heterocycles. The molecule has 8 heteroatoms. The number of aromatic hydroxyl groups is 1. The number of hydrogen-bond donors (Lipinski definition) is 1. The highest BCUT2D eigenvalue weighted by atomic mass is 79.9. The van der Waals surface area contributed by atoms with Crippen LogP contribution in [0.1, 0.15) is 16.7 Å². The Morgan fingerprint density at radius 3 is 2.68 bits per heavy atom. The van der Waals surface area contributed by atoms with Crippen LogP contribution in [0.3, 0.4) is 0 Å². The molecule has 3 rings (SSSR count). The number of phenolic OH excluding ortho intramolecular Hbond substituents is 1. The lowest BCUT2D eigenvalue weighted by molar-refractivity contribution is -0.123. The molecule has 1 heterocycles. The minimum Gasteiger partial charge on any atom is -0.506 e. The van der Waals surface area contributed by atoms with E-state index in [1.165, 1.54) is 6.08 Å². The van der Waals surface area contributed by atoms with Crippen LogP contribution < -0.4 is 4.74 Å². The Morgan fingerprint density at radius 1 is 1.18 bits per heavy atom. The number of nitrogens with zero attached hydrogens (tertiary/aromatic N) is 1. The van der Waals surface area contributed by atoms with Crippen molar-refractivity contribution in [2.45, 2.75) is 13.8 Å². The van der Waals surface area contributed by atoms with Crippen LogP contribution in [0.5, 0.6) is 11.5 Å². The fourth-order valence-electron chi connectivity index (χ4n) is 2.64. The van der Waals surface area contributed by atoms with Crippen molar-refractivity contribution in [2.24, 2.45) is 0 Å². The first kappa shape index (κ1) is 21.0. The molecular formula is C20H17Br2NO4S. The molecule has 0 saturated carbocycles. The minimum absolute atomic E-state index is 0.00764. The van der Waals surface area contributed by atoms with E-state index < -0.39 is 5.91 Å². The Balaban J connectivity index is 1.71. The number of ether oxygens (including phenoxy) is 1. The van der Waals surface area contributed by atoms with E-state index in [0.29, 0.717) is 10.0 Å². The molecule has 1 saturated heterocycles. The van der Waals surface area contributed by atoms with Crippen molar-refractivity contribution in [1.29, 1.82) is 0 Å². The van der Waals surface area contributed by atoms with Gasteiger partial charge in [0.15, 0.2) is 0 Å². The Morgan fingerprint density at radius 2 is 1.93 bits per heavy atom. The van der Waals surface area contributed by atoms with Gasteiger partial charge in [-0.25, -0.2) is 0 Å². The van der Waals surface area contributed by atoms with Gasteiger partial charge in [0.25, 0.3) is 11.1 Å². The largest absolute Gasteiger partial charge is 0.506 e. The zero-order chi connectivity index (χ0) is 20.4. The molecule has 146 valence electrons. The predicted molar refractivity (Wildman–Crippen MR) is 118 cm³/mol. The van der Waals surface area contributed by atoms with Gasteiger partial charge in [0, 0.05) is 10.0 Å².